The van der Waals surface area contributed by atoms with E-state index in [1.54, 1.807) is 11.8 Å². The number of pyridine rings is 1. The molecular weight excluding hydrogens is 316 g/mol. The Morgan fingerprint density at radius 1 is 1.23 bits per heavy atom. The van der Waals surface area contributed by atoms with E-state index in [2.05, 4.69) is 52.2 Å². The molecule has 1 aromatic carbocycles. The van der Waals surface area contributed by atoms with E-state index in [0.29, 0.717) is 10.9 Å². The van der Waals surface area contributed by atoms with Crippen LogP contribution in [0.2, 0.25) is 5.15 Å². The van der Waals surface area contributed by atoms with Crippen molar-refractivity contribution >= 4 is 34.3 Å². The van der Waals surface area contributed by atoms with Crippen molar-refractivity contribution in [2.45, 2.75) is 38.1 Å². The van der Waals surface area contributed by atoms with Crippen LogP contribution in [0.15, 0.2) is 23.4 Å². The lowest BCUT2D eigenvalue weighted by Gasteiger charge is -2.08. The summed E-state index contributed by atoms with van der Waals surface area (Å²) < 4.78 is 0. The van der Waals surface area contributed by atoms with Gasteiger partial charge in [0.1, 0.15) is 11.0 Å². The number of benzene rings is 1. The van der Waals surface area contributed by atoms with Gasteiger partial charge in [-0.1, -0.05) is 42.4 Å². The smallest absolute Gasteiger partial charge is 0.208 e. The molecule has 3 rings (SSSR count). The lowest BCUT2D eigenvalue weighted by molar-refractivity contribution is 0.941. The van der Waals surface area contributed by atoms with Crippen LogP contribution in [-0.4, -0.2) is 20.2 Å². The maximum absolute atomic E-state index is 6.35. The fraction of sp³-hybridized carbons (Fsp3) is 0.312. The number of H-pyrrole nitrogens is 1. The summed E-state index contributed by atoms with van der Waals surface area (Å²) in [4.78, 5) is 8.97. The highest BCUT2D eigenvalue weighted by molar-refractivity contribution is 7.98. The molecule has 3 aromatic rings. The maximum Gasteiger partial charge on any atom is 0.208 e. The number of aromatic nitrogens is 4. The highest BCUT2D eigenvalue weighted by Gasteiger charge is 2.10. The van der Waals surface area contributed by atoms with Gasteiger partial charge < -0.3 is 0 Å². The van der Waals surface area contributed by atoms with Crippen LogP contribution in [-0.2, 0) is 12.2 Å². The number of rotatable bonds is 4. The quantitative estimate of drug-likeness (QED) is 0.565. The summed E-state index contributed by atoms with van der Waals surface area (Å²) in [6.45, 7) is 6.21. The summed E-state index contributed by atoms with van der Waals surface area (Å²) >= 11 is 7.92. The Hall–Kier alpha value is -1.59. The lowest BCUT2D eigenvalue weighted by atomic mass is 10.0. The lowest BCUT2D eigenvalue weighted by Crippen LogP contribution is -1.93. The van der Waals surface area contributed by atoms with E-state index in [9.17, 15) is 0 Å². The third-order valence-corrected chi connectivity index (χ3v) is 4.96. The summed E-state index contributed by atoms with van der Waals surface area (Å²) in [5.74, 6) is 1.60. The number of aryl methyl sites for hydroxylation is 3. The average Bonchev–Trinajstić information content (AvgIpc) is 2.98. The van der Waals surface area contributed by atoms with Crippen molar-refractivity contribution < 1.29 is 0 Å². The third kappa shape index (κ3) is 2.96. The van der Waals surface area contributed by atoms with Crippen molar-refractivity contribution in [1.29, 1.82) is 0 Å². The number of halogens is 1. The molecule has 0 aliphatic rings. The second kappa shape index (κ2) is 6.26. The first-order valence-electron chi connectivity index (χ1n) is 7.18. The molecule has 22 heavy (non-hydrogen) atoms. The standard InChI is InChI=1S/C16H17ClN4S/c1-4-13-18-16(21-20-13)22-8-12-7-11-6-5-9(2)10(3)14(11)19-15(12)17/h5-7H,4,8H2,1-3H3,(H,18,20,21). The zero-order chi connectivity index (χ0) is 15.7. The molecule has 2 aromatic heterocycles. The number of nitrogens with one attached hydrogen (secondary N) is 1. The maximum atomic E-state index is 6.35. The zero-order valence-corrected chi connectivity index (χ0v) is 14.3. The van der Waals surface area contributed by atoms with E-state index in [1.807, 2.05) is 6.92 Å². The molecule has 0 saturated heterocycles. The van der Waals surface area contributed by atoms with E-state index in [1.165, 1.54) is 11.1 Å². The van der Waals surface area contributed by atoms with E-state index in [4.69, 9.17) is 11.6 Å². The van der Waals surface area contributed by atoms with Crippen LogP contribution in [0.1, 0.15) is 29.4 Å². The molecule has 0 atom stereocenters. The van der Waals surface area contributed by atoms with Crippen LogP contribution in [0.25, 0.3) is 10.9 Å². The fourth-order valence-electron chi connectivity index (χ4n) is 2.25. The van der Waals surface area contributed by atoms with Gasteiger partial charge >= 0.3 is 0 Å². The van der Waals surface area contributed by atoms with Crippen molar-refractivity contribution in [3.63, 3.8) is 0 Å². The summed E-state index contributed by atoms with van der Waals surface area (Å²) in [5, 5.41) is 9.52. The molecule has 0 aliphatic carbocycles. The Kier molecular flexibility index (Phi) is 4.36. The molecule has 4 nitrogen and oxygen atoms in total. The molecule has 114 valence electrons. The van der Waals surface area contributed by atoms with Gasteiger partial charge in [0.2, 0.25) is 5.16 Å². The van der Waals surface area contributed by atoms with Gasteiger partial charge in [-0.3, -0.25) is 5.10 Å². The summed E-state index contributed by atoms with van der Waals surface area (Å²) in [7, 11) is 0. The van der Waals surface area contributed by atoms with Crippen LogP contribution >= 0.6 is 23.4 Å². The molecule has 0 aliphatic heterocycles. The molecule has 6 heteroatoms. The number of aromatic amines is 1. The van der Waals surface area contributed by atoms with E-state index in [-0.39, 0.29) is 0 Å². The van der Waals surface area contributed by atoms with Crippen molar-refractivity contribution in [3.05, 3.63) is 45.9 Å². The largest absolute Gasteiger partial charge is 0.262 e. The van der Waals surface area contributed by atoms with Gasteiger partial charge in [-0.25, -0.2) is 9.97 Å². The van der Waals surface area contributed by atoms with Crippen LogP contribution < -0.4 is 0 Å². The van der Waals surface area contributed by atoms with Crippen molar-refractivity contribution in [2.75, 3.05) is 0 Å². The minimum Gasteiger partial charge on any atom is -0.262 e. The van der Waals surface area contributed by atoms with E-state index < -0.39 is 0 Å². The number of hydrogen-bond donors (Lipinski definition) is 1. The first-order chi connectivity index (χ1) is 10.6. The topological polar surface area (TPSA) is 54.5 Å². The number of fused-ring (bicyclic) bond motifs is 1. The Morgan fingerprint density at radius 2 is 2.05 bits per heavy atom. The summed E-state index contributed by atoms with van der Waals surface area (Å²) in [5.41, 5.74) is 4.39. The van der Waals surface area contributed by atoms with Crippen LogP contribution in [0.3, 0.4) is 0 Å². The summed E-state index contributed by atoms with van der Waals surface area (Å²) in [6, 6.07) is 6.32. The molecule has 0 unspecified atom stereocenters. The Morgan fingerprint density at radius 3 is 2.77 bits per heavy atom. The Bertz CT molecular complexity index is 828. The van der Waals surface area contributed by atoms with E-state index >= 15 is 0 Å². The molecular formula is C16H17ClN4S. The molecule has 0 radical (unpaired) electrons. The van der Waals surface area contributed by atoms with Crippen molar-refractivity contribution in [3.8, 4) is 0 Å². The first kappa shape index (κ1) is 15.3. The molecule has 0 bridgehead atoms. The van der Waals surface area contributed by atoms with Crippen LogP contribution in [0.5, 0.6) is 0 Å². The minimum absolute atomic E-state index is 0.556. The number of thioether (sulfide) groups is 1. The highest BCUT2D eigenvalue weighted by Crippen LogP contribution is 2.28. The third-order valence-electron chi connectivity index (χ3n) is 3.74. The predicted octanol–water partition coefficient (Wildman–Crippen LogP) is 4.48. The monoisotopic (exact) mass is 332 g/mol. The van der Waals surface area contributed by atoms with Crippen LogP contribution in [0.4, 0.5) is 0 Å². The number of nitrogens with zero attached hydrogens (tertiary/aromatic N) is 3. The van der Waals surface area contributed by atoms with Gasteiger partial charge in [-0.05, 0) is 31.0 Å². The second-order valence-corrected chi connectivity index (χ2v) is 6.52. The Labute approximate surface area is 138 Å². The van der Waals surface area contributed by atoms with Gasteiger partial charge in [0.05, 0.1) is 5.52 Å². The molecule has 0 saturated carbocycles. The van der Waals surface area contributed by atoms with Crippen molar-refractivity contribution in [1.82, 2.24) is 20.2 Å². The minimum atomic E-state index is 0.556. The molecule has 0 amide bonds. The van der Waals surface area contributed by atoms with Crippen molar-refractivity contribution in [2.24, 2.45) is 0 Å². The van der Waals surface area contributed by atoms with E-state index in [0.717, 1.165) is 33.9 Å². The molecule has 2 heterocycles. The Balaban J connectivity index is 1.87. The zero-order valence-electron chi connectivity index (χ0n) is 12.8. The van der Waals surface area contributed by atoms with Gasteiger partial charge in [0.25, 0.3) is 0 Å². The SMILES string of the molecule is CCc1nc(SCc2cc3ccc(C)c(C)c3nc2Cl)n[nH]1. The molecule has 0 fully saturated rings. The van der Waals surface area contributed by atoms with Gasteiger partial charge in [-0.15, -0.1) is 5.10 Å². The van der Waals surface area contributed by atoms with Gasteiger partial charge in [0, 0.05) is 23.1 Å². The normalized spacial score (nSPS) is 11.3. The number of hydrogen-bond acceptors (Lipinski definition) is 4. The van der Waals surface area contributed by atoms with Crippen LogP contribution in [0, 0.1) is 13.8 Å². The van der Waals surface area contributed by atoms with Gasteiger partial charge in [0.15, 0.2) is 0 Å². The molecule has 0 spiro atoms. The highest BCUT2D eigenvalue weighted by atomic mass is 35.5. The fourth-order valence-corrected chi connectivity index (χ4v) is 3.32. The average molecular weight is 333 g/mol. The first-order valence-corrected chi connectivity index (χ1v) is 8.54. The second-order valence-electron chi connectivity index (χ2n) is 5.22. The molecule has 1 N–H and O–H groups in total. The van der Waals surface area contributed by atoms with Gasteiger partial charge in [-0.2, -0.15) is 0 Å². The predicted molar refractivity (Wildman–Crippen MR) is 91.5 cm³/mol. The summed E-state index contributed by atoms with van der Waals surface area (Å²) in [6.07, 6.45) is 0.852.